The molecule has 0 heterocycles. The van der Waals surface area contributed by atoms with E-state index in [0.29, 0.717) is 10.6 Å². The molecule has 0 fully saturated rings. The van der Waals surface area contributed by atoms with Crippen LogP contribution in [0.4, 0.5) is 4.39 Å². The van der Waals surface area contributed by atoms with Crippen molar-refractivity contribution in [3.63, 3.8) is 0 Å². The molecular formula is C13H11Cl2FN2. The quantitative estimate of drug-likeness (QED) is 0.666. The zero-order valence-electron chi connectivity index (χ0n) is 9.33. The van der Waals surface area contributed by atoms with Crippen LogP contribution in [0, 0.1) is 5.82 Å². The lowest BCUT2D eigenvalue weighted by atomic mass is 9.99. The van der Waals surface area contributed by atoms with Crippen molar-refractivity contribution in [1.82, 2.24) is 5.43 Å². The number of benzene rings is 2. The fourth-order valence-electron chi connectivity index (χ4n) is 1.77. The number of hydrogen-bond donors (Lipinski definition) is 2. The molecule has 1 unspecified atom stereocenters. The third-order valence-corrected chi connectivity index (χ3v) is 3.31. The van der Waals surface area contributed by atoms with Gasteiger partial charge in [0.2, 0.25) is 0 Å². The number of nitrogens with two attached hydrogens (primary N) is 1. The van der Waals surface area contributed by atoms with E-state index >= 15 is 0 Å². The van der Waals surface area contributed by atoms with Gasteiger partial charge in [0, 0.05) is 5.02 Å². The first-order chi connectivity index (χ1) is 8.63. The average molecular weight is 285 g/mol. The molecule has 2 aromatic rings. The summed E-state index contributed by atoms with van der Waals surface area (Å²) < 4.78 is 13.5. The van der Waals surface area contributed by atoms with Gasteiger partial charge in [-0.15, -0.1) is 0 Å². The Hall–Kier alpha value is -1.13. The van der Waals surface area contributed by atoms with Gasteiger partial charge >= 0.3 is 0 Å². The predicted octanol–water partition coefficient (Wildman–Crippen LogP) is 3.69. The van der Waals surface area contributed by atoms with E-state index in [0.717, 1.165) is 5.56 Å². The maximum Gasteiger partial charge on any atom is 0.142 e. The molecule has 2 aromatic carbocycles. The second kappa shape index (κ2) is 5.67. The smallest absolute Gasteiger partial charge is 0.142 e. The van der Waals surface area contributed by atoms with E-state index < -0.39 is 5.82 Å². The Morgan fingerprint density at radius 1 is 1.06 bits per heavy atom. The van der Waals surface area contributed by atoms with Crippen LogP contribution in [0.3, 0.4) is 0 Å². The Kier molecular flexibility index (Phi) is 4.19. The molecule has 18 heavy (non-hydrogen) atoms. The van der Waals surface area contributed by atoms with Crippen LogP contribution in [-0.4, -0.2) is 0 Å². The highest BCUT2D eigenvalue weighted by Gasteiger charge is 2.16. The lowest BCUT2D eigenvalue weighted by Crippen LogP contribution is -2.29. The molecule has 2 rings (SSSR count). The molecule has 0 saturated carbocycles. The summed E-state index contributed by atoms with van der Waals surface area (Å²) in [5.74, 6) is 5.05. The Morgan fingerprint density at radius 2 is 1.78 bits per heavy atom. The molecule has 0 radical (unpaired) electrons. The summed E-state index contributed by atoms with van der Waals surface area (Å²) >= 11 is 11.8. The topological polar surface area (TPSA) is 38.0 Å². The van der Waals surface area contributed by atoms with Crippen LogP contribution in [0.1, 0.15) is 17.2 Å². The van der Waals surface area contributed by atoms with E-state index in [1.165, 1.54) is 12.1 Å². The van der Waals surface area contributed by atoms with Gasteiger partial charge < -0.3 is 0 Å². The van der Waals surface area contributed by atoms with E-state index in [-0.39, 0.29) is 11.1 Å². The first-order valence-electron chi connectivity index (χ1n) is 5.29. The van der Waals surface area contributed by atoms with Crippen LogP contribution in [0.15, 0.2) is 42.5 Å². The fourth-order valence-corrected chi connectivity index (χ4v) is 2.13. The van der Waals surface area contributed by atoms with Gasteiger partial charge in [0.25, 0.3) is 0 Å². The monoisotopic (exact) mass is 284 g/mol. The average Bonchev–Trinajstić information content (AvgIpc) is 2.37. The number of halogens is 3. The zero-order chi connectivity index (χ0) is 13.1. The SMILES string of the molecule is NNC(c1ccc(Cl)c(F)c1)c1ccccc1Cl. The molecule has 2 nitrogen and oxygen atoms in total. The van der Waals surface area contributed by atoms with Crippen LogP contribution >= 0.6 is 23.2 Å². The number of nitrogens with one attached hydrogen (secondary N) is 1. The number of hydrogen-bond acceptors (Lipinski definition) is 2. The molecular weight excluding hydrogens is 274 g/mol. The molecule has 0 bridgehead atoms. The van der Waals surface area contributed by atoms with Crippen molar-refractivity contribution in [1.29, 1.82) is 0 Å². The fraction of sp³-hybridized carbons (Fsp3) is 0.0769. The highest BCUT2D eigenvalue weighted by atomic mass is 35.5. The molecule has 0 aliphatic heterocycles. The van der Waals surface area contributed by atoms with Crippen molar-refractivity contribution in [2.45, 2.75) is 6.04 Å². The van der Waals surface area contributed by atoms with Crippen molar-refractivity contribution >= 4 is 23.2 Å². The van der Waals surface area contributed by atoms with Crippen LogP contribution in [0.2, 0.25) is 10.0 Å². The summed E-state index contributed by atoms with van der Waals surface area (Å²) in [4.78, 5) is 0. The second-order valence-electron chi connectivity index (χ2n) is 3.79. The van der Waals surface area contributed by atoms with Crippen LogP contribution in [-0.2, 0) is 0 Å². The summed E-state index contributed by atoms with van der Waals surface area (Å²) in [6.45, 7) is 0. The highest BCUT2D eigenvalue weighted by Crippen LogP contribution is 2.29. The minimum absolute atomic E-state index is 0.0775. The van der Waals surface area contributed by atoms with Crippen LogP contribution in [0.5, 0.6) is 0 Å². The first-order valence-corrected chi connectivity index (χ1v) is 6.04. The predicted molar refractivity (Wildman–Crippen MR) is 72.0 cm³/mol. The molecule has 0 saturated heterocycles. The molecule has 0 aliphatic rings. The Bertz CT molecular complexity index is 560. The molecule has 0 aromatic heterocycles. The Balaban J connectivity index is 2.45. The molecule has 0 spiro atoms. The first kappa shape index (κ1) is 13.3. The second-order valence-corrected chi connectivity index (χ2v) is 4.61. The highest BCUT2D eigenvalue weighted by molar-refractivity contribution is 6.31. The van der Waals surface area contributed by atoms with Gasteiger partial charge in [0.15, 0.2) is 0 Å². The molecule has 0 aliphatic carbocycles. The third-order valence-electron chi connectivity index (χ3n) is 2.66. The summed E-state index contributed by atoms with van der Waals surface area (Å²) in [5.41, 5.74) is 4.07. The minimum atomic E-state index is -0.485. The van der Waals surface area contributed by atoms with Gasteiger partial charge in [-0.05, 0) is 29.3 Å². The third kappa shape index (κ3) is 2.65. The molecule has 94 valence electrons. The van der Waals surface area contributed by atoms with Gasteiger partial charge in [-0.2, -0.15) is 0 Å². The summed E-state index contributed by atoms with van der Waals surface area (Å²) in [7, 11) is 0. The standard InChI is InChI=1S/C13H11Cl2FN2/c14-10-4-2-1-3-9(10)13(18-17)8-5-6-11(15)12(16)7-8/h1-7,13,18H,17H2. The van der Waals surface area contributed by atoms with Crippen molar-refractivity contribution in [3.8, 4) is 0 Å². The van der Waals surface area contributed by atoms with Crippen LogP contribution < -0.4 is 11.3 Å². The lowest BCUT2D eigenvalue weighted by molar-refractivity contribution is 0.605. The van der Waals surface area contributed by atoms with Crippen molar-refractivity contribution in [2.75, 3.05) is 0 Å². The molecule has 1 atom stereocenters. The van der Waals surface area contributed by atoms with Gasteiger partial charge in [-0.3, -0.25) is 5.84 Å². The van der Waals surface area contributed by atoms with Crippen LogP contribution in [0.25, 0.3) is 0 Å². The van der Waals surface area contributed by atoms with Crippen molar-refractivity contribution in [2.24, 2.45) is 5.84 Å². The summed E-state index contributed by atoms with van der Waals surface area (Å²) in [5, 5.41) is 0.643. The Labute approximate surface area is 114 Å². The lowest BCUT2D eigenvalue weighted by Gasteiger charge is -2.18. The Morgan fingerprint density at radius 3 is 2.39 bits per heavy atom. The zero-order valence-corrected chi connectivity index (χ0v) is 10.8. The summed E-state index contributed by atoms with van der Waals surface area (Å²) in [6.07, 6.45) is 0. The van der Waals surface area contributed by atoms with E-state index in [1.54, 1.807) is 12.1 Å². The normalized spacial score (nSPS) is 12.4. The van der Waals surface area contributed by atoms with Gasteiger partial charge in [-0.25, -0.2) is 9.82 Å². The van der Waals surface area contributed by atoms with Gasteiger partial charge in [0.1, 0.15) is 5.82 Å². The van der Waals surface area contributed by atoms with Crippen molar-refractivity contribution in [3.05, 3.63) is 69.5 Å². The molecule has 0 amide bonds. The number of rotatable bonds is 3. The molecule has 3 N–H and O–H groups in total. The minimum Gasteiger partial charge on any atom is -0.271 e. The van der Waals surface area contributed by atoms with E-state index in [9.17, 15) is 4.39 Å². The largest absolute Gasteiger partial charge is 0.271 e. The molecule has 5 heteroatoms. The number of hydrazine groups is 1. The van der Waals surface area contributed by atoms with E-state index in [4.69, 9.17) is 29.0 Å². The maximum absolute atomic E-state index is 13.5. The van der Waals surface area contributed by atoms with Gasteiger partial charge in [0.05, 0.1) is 11.1 Å². The maximum atomic E-state index is 13.5. The van der Waals surface area contributed by atoms with Crippen molar-refractivity contribution < 1.29 is 4.39 Å². The van der Waals surface area contributed by atoms with E-state index in [2.05, 4.69) is 5.43 Å². The van der Waals surface area contributed by atoms with Gasteiger partial charge in [-0.1, -0.05) is 47.5 Å². The summed E-state index contributed by atoms with van der Waals surface area (Å²) in [6, 6.07) is 11.4. The van der Waals surface area contributed by atoms with E-state index in [1.807, 2.05) is 18.2 Å².